The second kappa shape index (κ2) is 6.02. The van der Waals surface area contributed by atoms with Gasteiger partial charge < -0.3 is 15.7 Å². The second-order valence-corrected chi connectivity index (χ2v) is 5.05. The van der Waals surface area contributed by atoms with Gasteiger partial charge in [-0.1, -0.05) is 15.9 Å². The monoisotopic (exact) mass is 364 g/mol. The largest absolute Gasteiger partial charge is 0.480 e. The van der Waals surface area contributed by atoms with Crippen molar-refractivity contribution in [3.8, 4) is 0 Å². The number of amides is 2. The van der Waals surface area contributed by atoms with Crippen LogP contribution in [0, 0.1) is 0 Å². The van der Waals surface area contributed by atoms with Gasteiger partial charge in [-0.05, 0) is 41.1 Å². The minimum atomic E-state index is -1.09. The van der Waals surface area contributed by atoms with Crippen LogP contribution in [0.1, 0.15) is 6.92 Å². The summed E-state index contributed by atoms with van der Waals surface area (Å²) in [4.78, 5) is 22.0. The van der Waals surface area contributed by atoms with Crippen LogP contribution in [-0.2, 0) is 4.79 Å². The molecule has 0 aliphatic heterocycles. The Kier molecular flexibility index (Phi) is 4.95. The number of urea groups is 1. The number of hydrogen-bond donors (Lipinski definition) is 3. The lowest BCUT2D eigenvalue weighted by molar-refractivity contribution is -0.138. The van der Waals surface area contributed by atoms with Crippen LogP contribution in [0.15, 0.2) is 27.1 Å². The molecule has 1 aromatic carbocycles. The molecule has 0 saturated heterocycles. The first-order valence-electron chi connectivity index (χ1n) is 4.65. The van der Waals surface area contributed by atoms with Gasteiger partial charge >= 0.3 is 12.0 Å². The van der Waals surface area contributed by atoms with Gasteiger partial charge in [0.1, 0.15) is 6.04 Å². The average Bonchev–Trinajstić information content (AvgIpc) is 2.23. The van der Waals surface area contributed by atoms with Crippen LogP contribution < -0.4 is 10.6 Å². The molecule has 17 heavy (non-hydrogen) atoms. The fourth-order valence-electron chi connectivity index (χ4n) is 1.01. The molecule has 0 aliphatic rings. The normalized spacial score (nSPS) is 11.7. The van der Waals surface area contributed by atoms with Gasteiger partial charge in [0.15, 0.2) is 0 Å². The van der Waals surface area contributed by atoms with E-state index in [2.05, 4.69) is 42.5 Å². The quantitative estimate of drug-likeness (QED) is 0.770. The summed E-state index contributed by atoms with van der Waals surface area (Å²) in [6, 6.07) is 3.77. The molecular formula is C10H10Br2N2O3. The lowest BCUT2D eigenvalue weighted by atomic mass is 10.3. The number of aliphatic carboxylic acids is 1. The van der Waals surface area contributed by atoms with E-state index in [0.29, 0.717) is 10.2 Å². The Morgan fingerprint density at radius 2 is 2.00 bits per heavy atom. The summed E-state index contributed by atoms with van der Waals surface area (Å²) in [5.41, 5.74) is 0.550. The number of carboxylic acid groups (broad SMARTS) is 1. The highest BCUT2D eigenvalue weighted by Gasteiger charge is 2.14. The van der Waals surface area contributed by atoms with Crippen LogP contribution in [0.4, 0.5) is 10.5 Å². The number of carbonyl (C=O) groups is 2. The van der Waals surface area contributed by atoms with Crippen LogP contribution in [0.25, 0.3) is 0 Å². The Balaban J connectivity index is 2.68. The van der Waals surface area contributed by atoms with E-state index in [1.165, 1.54) is 6.92 Å². The molecule has 0 aromatic heterocycles. The van der Waals surface area contributed by atoms with Gasteiger partial charge in [0, 0.05) is 8.95 Å². The van der Waals surface area contributed by atoms with Crippen molar-refractivity contribution < 1.29 is 14.7 Å². The number of anilines is 1. The van der Waals surface area contributed by atoms with E-state index in [9.17, 15) is 9.59 Å². The third kappa shape index (κ3) is 4.35. The Hall–Kier alpha value is -1.08. The minimum absolute atomic E-state index is 0.550. The van der Waals surface area contributed by atoms with Crippen molar-refractivity contribution in [2.75, 3.05) is 5.32 Å². The minimum Gasteiger partial charge on any atom is -0.480 e. The molecule has 0 unspecified atom stereocenters. The lowest BCUT2D eigenvalue weighted by Crippen LogP contribution is -2.40. The maximum absolute atomic E-state index is 11.5. The number of carbonyl (C=O) groups excluding carboxylic acids is 1. The van der Waals surface area contributed by atoms with Crippen LogP contribution in [0.3, 0.4) is 0 Å². The van der Waals surface area contributed by atoms with E-state index in [1.54, 1.807) is 12.1 Å². The molecule has 0 spiro atoms. The fourth-order valence-corrected chi connectivity index (χ4v) is 1.72. The highest BCUT2D eigenvalue weighted by atomic mass is 79.9. The van der Waals surface area contributed by atoms with Gasteiger partial charge in [-0.25, -0.2) is 4.79 Å². The average molecular weight is 366 g/mol. The summed E-state index contributed by atoms with van der Waals surface area (Å²) in [5, 5.41) is 13.5. The molecule has 7 heteroatoms. The molecule has 3 N–H and O–H groups in total. The van der Waals surface area contributed by atoms with Crippen molar-refractivity contribution in [2.24, 2.45) is 0 Å². The van der Waals surface area contributed by atoms with Crippen molar-refractivity contribution in [3.05, 3.63) is 27.1 Å². The molecule has 5 nitrogen and oxygen atoms in total. The van der Waals surface area contributed by atoms with E-state index < -0.39 is 18.0 Å². The van der Waals surface area contributed by atoms with E-state index in [-0.39, 0.29) is 0 Å². The van der Waals surface area contributed by atoms with Gasteiger partial charge in [-0.3, -0.25) is 4.79 Å². The zero-order valence-electron chi connectivity index (χ0n) is 8.83. The zero-order chi connectivity index (χ0) is 13.0. The van der Waals surface area contributed by atoms with E-state index in [1.807, 2.05) is 6.07 Å². The predicted octanol–water partition coefficient (Wildman–Crippen LogP) is 2.81. The summed E-state index contributed by atoms with van der Waals surface area (Å²) in [6.45, 7) is 1.39. The number of carboxylic acids is 1. The van der Waals surface area contributed by atoms with Gasteiger partial charge in [0.05, 0.1) is 5.69 Å². The standard InChI is InChI=1S/C10H10Br2N2O3/c1-5(9(15)16)13-10(17)14-8-4-6(11)2-3-7(8)12/h2-5H,1H3,(H,15,16)(H2,13,14,17)/t5-/m1/s1. The molecule has 92 valence electrons. The Labute approximate surface area is 115 Å². The van der Waals surface area contributed by atoms with E-state index >= 15 is 0 Å². The SMILES string of the molecule is C[C@@H](NC(=O)Nc1cc(Br)ccc1Br)C(=O)O. The van der Waals surface area contributed by atoms with Gasteiger partial charge in [0.2, 0.25) is 0 Å². The van der Waals surface area contributed by atoms with Gasteiger partial charge in [0.25, 0.3) is 0 Å². The number of nitrogens with one attached hydrogen (secondary N) is 2. The number of hydrogen-bond acceptors (Lipinski definition) is 2. The smallest absolute Gasteiger partial charge is 0.325 e. The van der Waals surface area contributed by atoms with Crippen molar-refractivity contribution in [1.29, 1.82) is 0 Å². The summed E-state index contributed by atoms with van der Waals surface area (Å²) >= 11 is 6.55. The molecule has 1 atom stereocenters. The van der Waals surface area contributed by atoms with Crippen molar-refractivity contribution in [2.45, 2.75) is 13.0 Å². The molecule has 0 bridgehead atoms. The molecule has 0 saturated carbocycles. The fraction of sp³-hybridized carbons (Fsp3) is 0.200. The Morgan fingerprint density at radius 3 is 2.59 bits per heavy atom. The maximum atomic E-state index is 11.5. The molecule has 0 radical (unpaired) electrons. The van der Waals surface area contributed by atoms with Gasteiger partial charge in [-0.15, -0.1) is 0 Å². The molecular weight excluding hydrogens is 356 g/mol. The summed E-state index contributed by atoms with van der Waals surface area (Å²) in [6.07, 6.45) is 0. The number of rotatable bonds is 3. The van der Waals surface area contributed by atoms with Crippen LogP contribution in [0.2, 0.25) is 0 Å². The third-order valence-electron chi connectivity index (χ3n) is 1.89. The molecule has 0 heterocycles. The zero-order valence-corrected chi connectivity index (χ0v) is 12.0. The van der Waals surface area contributed by atoms with Gasteiger partial charge in [-0.2, -0.15) is 0 Å². The van der Waals surface area contributed by atoms with Crippen LogP contribution in [0.5, 0.6) is 0 Å². The number of benzene rings is 1. The van der Waals surface area contributed by atoms with E-state index in [0.717, 1.165) is 4.47 Å². The molecule has 1 aromatic rings. The van der Waals surface area contributed by atoms with Crippen molar-refractivity contribution in [1.82, 2.24) is 5.32 Å². The highest BCUT2D eigenvalue weighted by Crippen LogP contribution is 2.25. The van der Waals surface area contributed by atoms with Crippen LogP contribution >= 0.6 is 31.9 Å². The second-order valence-electron chi connectivity index (χ2n) is 3.28. The molecule has 2 amide bonds. The summed E-state index contributed by atoms with van der Waals surface area (Å²) in [5.74, 6) is -1.09. The predicted molar refractivity (Wildman–Crippen MR) is 71.1 cm³/mol. The topological polar surface area (TPSA) is 78.4 Å². The highest BCUT2D eigenvalue weighted by molar-refractivity contribution is 9.11. The Bertz CT molecular complexity index is 451. The molecule has 0 fully saturated rings. The van der Waals surface area contributed by atoms with Crippen molar-refractivity contribution >= 4 is 49.5 Å². The summed E-state index contributed by atoms with van der Waals surface area (Å²) in [7, 11) is 0. The van der Waals surface area contributed by atoms with Crippen LogP contribution in [-0.4, -0.2) is 23.1 Å². The molecule has 1 rings (SSSR count). The van der Waals surface area contributed by atoms with E-state index in [4.69, 9.17) is 5.11 Å². The first kappa shape index (κ1) is 14.0. The summed E-state index contributed by atoms with van der Waals surface area (Å²) < 4.78 is 1.51. The number of halogens is 2. The lowest BCUT2D eigenvalue weighted by Gasteiger charge is -2.12. The third-order valence-corrected chi connectivity index (χ3v) is 3.08. The first-order chi connectivity index (χ1) is 7.90. The first-order valence-corrected chi connectivity index (χ1v) is 6.24. The molecule has 0 aliphatic carbocycles. The Morgan fingerprint density at radius 1 is 1.35 bits per heavy atom. The maximum Gasteiger partial charge on any atom is 0.325 e. The van der Waals surface area contributed by atoms with Crippen molar-refractivity contribution in [3.63, 3.8) is 0 Å².